The van der Waals surface area contributed by atoms with Crippen molar-refractivity contribution in [1.29, 1.82) is 0 Å². The maximum absolute atomic E-state index is 13.4. The van der Waals surface area contributed by atoms with E-state index >= 15 is 0 Å². The monoisotopic (exact) mass is 370 g/mol. The number of likely N-dealkylation sites (N-methyl/N-ethyl adjacent to an activating group) is 1. The summed E-state index contributed by atoms with van der Waals surface area (Å²) in [6.07, 6.45) is 3.17. The molecule has 0 radical (unpaired) electrons. The number of nitrogens with one attached hydrogen (secondary N) is 1. The fourth-order valence-corrected chi connectivity index (χ4v) is 3.05. The number of nitrogens with zero attached hydrogens (tertiary/aromatic N) is 5. The molecule has 0 unspecified atom stereocenters. The molecule has 1 fully saturated rings. The maximum Gasteiger partial charge on any atom is 0.150 e. The molecule has 4 rings (SSSR count). The molecule has 2 aromatic heterocycles. The zero-order chi connectivity index (χ0) is 18.8. The molecule has 8 heteroatoms. The molecule has 0 saturated carbocycles. The Labute approximate surface area is 156 Å². The van der Waals surface area contributed by atoms with E-state index < -0.39 is 11.6 Å². The average molecular weight is 370 g/mol. The Balaban J connectivity index is 1.50. The zero-order valence-corrected chi connectivity index (χ0v) is 14.9. The summed E-state index contributed by atoms with van der Waals surface area (Å²) in [5, 5.41) is 3.14. The van der Waals surface area contributed by atoms with E-state index in [9.17, 15) is 8.78 Å². The number of anilines is 3. The largest absolute Gasteiger partial charge is 0.354 e. The summed E-state index contributed by atoms with van der Waals surface area (Å²) in [5.74, 6) is 0.869. The number of piperazine rings is 1. The van der Waals surface area contributed by atoms with Gasteiger partial charge < -0.3 is 19.7 Å². The van der Waals surface area contributed by atoms with Crippen LogP contribution in [-0.4, -0.2) is 52.7 Å². The predicted octanol–water partition coefficient (Wildman–Crippen LogP) is 3.04. The molecular formula is C19H20F2N6. The summed E-state index contributed by atoms with van der Waals surface area (Å²) in [4.78, 5) is 13.4. The molecule has 1 aromatic carbocycles. The van der Waals surface area contributed by atoms with Crippen LogP contribution in [0.1, 0.15) is 0 Å². The van der Waals surface area contributed by atoms with E-state index in [1.54, 1.807) is 10.8 Å². The second kappa shape index (κ2) is 7.32. The van der Waals surface area contributed by atoms with Gasteiger partial charge in [-0.25, -0.2) is 18.7 Å². The second-order valence-electron chi connectivity index (χ2n) is 6.59. The van der Waals surface area contributed by atoms with Crippen LogP contribution >= 0.6 is 0 Å². The molecule has 0 amide bonds. The highest BCUT2D eigenvalue weighted by molar-refractivity contribution is 5.55. The number of pyridine rings is 1. The summed E-state index contributed by atoms with van der Waals surface area (Å²) in [5.41, 5.74) is 0.368. The number of aromatic nitrogens is 3. The number of hydrogen-bond donors (Lipinski definition) is 1. The van der Waals surface area contributed by atoms with E-state index in [0.29, 0.717) is 17.3 Å². The lowest BCUT2D eigenvalue weighted by Crippen LogP contribution is -2.44. The fourth-order valence-electron chi connectivity index (χ4n) is 3.05. The molecule has 1 saturated heterocycles. The first-order valence-corrected chi connectivity index (χ1v) is 8.75. The summed E-state index contributed by atoms with van der Waals surface area (Å²) < 4.78 is 28.4. The van der Waals surface area contributed by atoms with Crippen LogP contribution in [0.4, 0.5) is 26.2 Å². The Kier molecular flexibility index (Phi) is 4.72. The lowest BCUT2D eigenvalue weighted by molar-refractivity contribution is 0.312. The van der Waals surface area contributed by atoms with Gasteiger partial charge in [0.2, 0.25) is 0 Å². The fraction of sp³-hybridized carbons (Fsp3) is 0.263. The molecule has 1 aliphatic rings. The van der Waals surface area contributed by atoms with E-state index in [1.165, 1.54) is 18.5 Å². The van der Waals surface area contributed by atoms with Crippen LogP contribution in [-0.2, 0) is 0 Å². The molecule has 3 aromatic rings. The van der Waals surface area contributed by atoms with Crippen molar-refractivity contribution in [2.75, 3.05) is 43.4 Å². The number of hydrogen-bond acceptors (Lipinski definition) is 5. The number of imidazole rings is 1. The summed E-state index contributed by atoms with van der Waals surface area (Å²) in [6, 6.07) is 9.14. The molecule has 6 nitrogen and oxygen atoms in total. The van der Waals surface area contributed by atoms with E-state index in [-0.39, 0.29) is 0 Å². The topological polar surface area (TPSA) is 49.2 Å². The normalized spacial score (nSPS) is 15.1. The zero-order valence-electron chi connectivity index (χ0n) is 14.9. The smallest absolute Gasteiger partial charge is 0.150 e. The second-order valence-corrected chi connectivity index (χ2v) is 6.59. The van der Waals surface area contributed by atoms with Crippen LogP contribution in [0.3, 0.4) is 0 Å². The van der Waals surface area contributed by atoms with E-state index in [0.717, 1.165) is 38.1 Å². The third-order valence-electron chi connectivity index (χ3n) is 4.55. The Morgan fingerprint density at radius 1 is 0.963 bits per heavy atom. The minimum absolute atomic E-state index is 0.368. The van der Waals surface area contributed by atoms with Gasteiger partial charge in [-0.05, 0) is 31.3 Å². The first kappa shape index (κ1) is 17.4. The molecule has 0 bridgehead atoms. The van der Waals surface area contributed by atoms with Crippen molar-refractivity contribution in [3.8, 4) is 5.69 Å². The van der Waals surface area contributed by atoms with Crippen LogP contribution in [0.25, 0.3) is 5.69 Å². The maximum atomic E-state index is 13.4. The molecule has 0 aliphatic carbocycles. The van der Waals surface area contributed by atoms with Crippen molar-refractivity contribution in [2.24, 2.45) is 0 Å². The van der Waals surface area contributed by atoms with Gasteiger partial charge in [-0.1, -0.05) is 6.07 Å². The molecule has 27 heavy (non-hydrogen) atoms. The molecule has 1 N–H and O–H groups in total. The Hall–Kier alpha value is -3.00. The van der Waals surface area contributed by atoms with Crippen molar-refractivity contribution in [3.05, 3.63) is 60.6 Å². The van der Waals surface area contributed by atoms with Gasteiger partial charge in [0.05, 0.1) is 11.9 Å². The van der Waals surface area contributed by atoms with E-state index in [2.05, 4.69) is 32.1 Å². The molecule has 1 aliphatic heterocycles. The SMILES string of the molecule is CN1CCN(c2cccc(Nc3cn(-c4cc(F)cc(F)c4)cn3)n2)CC1. The van der Waals surface area contributed by atoms with Gasteiger partial charge in [-0.15, -0.1) is 0 Å². The van der Waals surface area contributed by atoms with Crippen molar-refractivity contribution in [3.63, 3.8) is 0 Å². The minimum atomic E-state index is -0.630. The van der Waals surface area contributed by atoms with Gasteiger partial charge in [-0.2, -0.15) is 0 Å². The molecular weight excluding hydrogens is 350 g/mol. The first-order chi connectivity index (χ1) is 13.1. The third-order valence-corrected chi connectivity index (χ3v) is 4.55. The van der Waals surface area contributed by atoms with Crippen molar-refractivity contribution >= 4 is 17.5 Å². The molecule has 3 heterocycles. The quantitative estimate of drug-likeness (QED) is 0.765. The summed E-state index contributed by atoms with van der Waals surface area (Å²) in [6.45, 7) is 3.89. The van der Waals surface area contributed by atoms with Gasteiger partial charge in [0.25, 0.3) is 0 Å². The van der Waals surface area contributed by atoms with Gasteiger partial charge in [0.15, 0.2) is 0 Å². The first-order valence-electron chi connectivity index (χ1n) is 8.75. The summed E-state index contributed by atoms with van der Waals surface area (Å²) >= 11 is 0. The van der Waals surface area contributed by atoms with Crippen LogP contribution in [0, 0.1) is 11.6 Å². The standard InChI is InChI=1S/C19H20F2N6/c1-25-5-7-26(8-6-25)19-4-2-3-17(24-19)23-18-12-27(13-22-18)16-10-14(20)9-15(21)11-16/h2-4,9-13H,5-8H2,1H3,(H,23,24). The predicted molar refractivity (Wildman–Crippen MR) is 101 cm³/mol. The minimum Gasteiger partial charge on any atom is -0.354 e. The highest BCUT2D eigenvalue weighted by Crippen LogP contribution is 2.20. The highest BCUT2D eigenvalue weighted by atomic mass is 19.1. The van der Waals surface area contributed by atoms with Gasteiger partial charge in [0.1, 0.15) is 35.4 Å². The highest BCUT2D eigenvalue weighted by Gasteiger charge is 2.15. The van der Waals surface area contributed by atoms with E-state index in [4.69, 9.17) is 0 Å². The van der Waals surface area contributed by atoms with E-state index in [1.807, 2.05) is 18.2 Å². The Bertz CT molecular complexity index is 913. The molecule has 140 valence electrons. The lowest BCUT2D eigenvalue weighted by atomic mass is 10.3. The summed E-state index contributed by atoms with van der Waals surface area (Å²) in [7, 11) is 2.11. The van der Waals surface area contributed by atoms with Crippen LogP contribution in [0.2, 0.25) is 0 Å². The molecule has 0 atom stereocenters. The average Bonchev–Trinajstić information content (AvgIpc) is 3.10. The van der Waals surface area contributed by atoms with Crippen LogP contribution in [0.5, 0.6) is 0 Å². The Morgan fingerprint density at radius 3 is 2.44 bits per heavy atom. The van der Waals surface area contributed by atoms with Gasteiger partial charge >= 0.3 is 0 Å². The molecule has 0 spiro atoms. The number of benzene rings is 1. The van der Waals surface area contributed by atoms with Crippen molar-refractivity contribution in [2.45, 2.75) is 0 Å². The van der Waals surface area contributed by atoms with Crippen LogP contribution in [0.15, 0.2) is 48.9 Å². The van der Waals surface area contributed by atoms with Crippen LogP contribution < -0.4 is 10.2 Å². The number of rotatable bonds is 4. The number of halogens is 2. The lowest BCUT2D eigenvalue weighted by Gasteiger charge is -2.33. The van der Waals surface area contributed by atoms with Gasteiger partial charge in [-0.3, -0.25) is 0 Å². The van der Waals surface area contributed by atoms with Gasteiger partial charge in [0, 0.05) is 32.2 Å². The Morgan fingerprint density at radius 2 is 1.70 bits per heavy atom. The third kappa shape index (κ3) is 4.06. The van der Waals surface area contributed by atoms with Crippen molar-refractivity contribution < 1.29 is 8.78 Å². The van der Waals surface area contributed by atoms with Crippen molar-refractivity contribution in [1.82, 2.24) is 19.4 Å².